The SMILES string of the molecule is CC(=O)N1CCN(c2cc(C)c(C#N)c3nc4ccccc4n23)CC1. The highest BCUT2D eigenvalue weighted by molar-refractivity contribution is 5.85. The van der Waals surface area contributed by atoms with E-state index in [1.807, 2.05) is 36.1 Å². The monoisotopic (exact) mass is 333 g/mol. The number of carbonyl (C=O) groups excluding carboxylic acids is 1. The molecule has 0 aliphatic carbocycles. The lowest BCUT2D eigenvalue weighted by atomic mass is 10.1. The first-order chi connectivity index (χ1) is 12.1. The Balaban J connectivity index is 1.90. The largest absolute Gasteiger partial charge is 0.354 e. The van der Waals surface area contributed by atoms with Crippen LogP contribution >= 0.6 is 0 Å². The lowest BCUT2D eigenvalue weighted by Crippen LogP contribution is -2.48. The summed E-state index contributed by atoms with van der Waals surface area (Å²) >= 11 is 0. The zero-order valence-corrected chi connectivity index (χ0v) is 14.4. The van der Waals surface area contributed by atoms with E-state index in [2.05, 4.69) is 21.4 Å². The maximum absolute atomic E-state index is 11.6. The van der Waals surface area contributed by atoms with Gasteiger partial charge in [0.15, 0.2) is 5.65 Å². The van der Waals surface area contributed by atoms with Crippen LogP contribution in [-0.4, -0.2) is 46.4 Å². The number of carbonyl (C=O) groups is 1. The number of imidazole rings is 1. The molecule has 6 heteroatoms. The maximum Gasteiger partial charge on any atom is 0.219 e. The summed E-state index contributed by atoms with van der Waals surface area (Å²) in [4.78, 5) is 20.4. The van der Waals surface area contributed by atoms with Crippen molar-refractivity contribution in [3.63, 3.8) is 0 Å². The molecule has 0 radical (unpaired) electrons. The van der Waals surface area contributed by atoms with Crippen molar-refractivity contribution in [2.45, 2.75) is 13.8 Å². The molecule has 0 atom stereocenters. The number of aryl methyl sites for hydroxylation is 1. The van der Waals surface area contributed by atoms with Crippen LogP contribution in [0.2, 0.25) is 0 Å². The van der Waals surface area contributed by atoms with Gasteiger partial charge in [-0.2, -0.15) is 5.26 Å². The predicted molar refractivity (Wildman–Crippen MR) is 96.6 cm³/mol. The Hall–Kier alpha value is -3.07. The van der Waals surface area contributed by atoms with Gasteiger partial charge in [0, 0.05) is 33.1 Å². The van der Waals surface area contributed by atoms with Gasteiger partial charge in [0.2, 0.25) is 5.91 Å². The number of hydrogen-bond acceptors (Lipinski definition) is 4. The van der Waals surface area contributed by atoms with Gasteiger partial charge < -0.3 is 9.80 Å². The third kappa shape index (κ3) is 2.40. The lowest BCUT2D eigenvalue weighted by Gasteiger charge is -2.36. The molecule has 126 valence electrons. The van der Waals surface area contributed by atoms with Crippen LogP contribution in [0, 0.1) is 18.3 Å². The minimum atomic E-state index is 0.119. The molecule has 1 amide bonds. The second kappa shape index (κ2) is 5.78. The molecular formula is C19H19N5O. The van der Waals surface area contributed by atoms with Crippen molar-refractivity contribution >= 4 is 28.4 Å². The van der Waals surface area contributed by atoms with Gasteiger partial charge in [-0.15, -0.1) is 0 Å². The number of nitrogens with zero attached hydrogens (tertiary/aromatic N) is 5. The van der Waals surface area contributed by atoms with Crippen molar-refractivity contribution in [3.8, 4) is 6.07 Å². The lowest BCUT2D eigenvalue weighted by molar-refractivity contribution is -0.129. The van der Waals surface area contributed by atoms with E-state index in [0.717, 1.165) is 35.5 Å². The molecule has 0 bridgehead atoms. The highest BCUT2D eigenvalue weighted by atomic mass is 16.2. The average molecular weight is 333 g/mol. The Bertz CT molecular complexity index is 1020. The van der Waals surface area contributed by atoms with E-state index in [1.54, 1.807) is 6.92 Å². The summed E-state index contributed by atoms with van der Waals surface area (Å²) in [7, 11) is 0. The van der Waals surface area contributed by atoms with Crippen LogP contribution < -0.4 is 4.90 Å². The number of fused-ring (bicyclic) bond motifs is 3. The van der Waals surface area contributed by atoms with Crippen LogP contribution in [0.25, 0.3) is 16.7 Å². The molecule has 0 unspecified atom stereocenters. The van der Waals surface area contributed by atoms with Gasteiger partial charge in [-0.3, -0.25) is 9.20 Å². The molecule has 3 heterocycles. The number of piperazine rings is 1. The van der Waals surface area contributed by atoms with Gasteiger partial charge in [0.05, 0.1) is 16.6 Å². The van der Waals surface area contributed by atoms with E-state index in [0.29, 0.717) is 24.3 Å². The average Bonchev–Trinajstić information content (AvgIpc) is 3.00. The standard InChI is InChI=1S/C19H19N5O/c1-13-11-18(23-9-7-22(8-10-23)14(2)25)24-17-6-4-3-5-16(17)21-19(24)15(13)12-20/h3-6,11H,7-10H2,1-2H3. The molecule has 0 saturated carbocycles. The molecule has 0 spiro atoms. The minimum Gasteiger partial charge on any atom is -0.354 e. The van der Waals surface area contributed by atoms with Crippen molar-refractivity contribution in [1.29, 1.82) is 5.26 Å². The van der Waals surface area contributed by atoms with Crippen LogP contribution in [0.15, 0.2) is 30.3 Å². The summed E-state index contributed by atoms with van der Waals surface area (Å²) in [5.74, 6) is 1.15. The highest BCUT2D eigenvalue weighted by Gasteiger charge is 2.23. The minimum absolute atomic E-state index is 0.119. The van der Waals surface area contributed by atoms with Gasteiger partial charge in [-0.05, 0) is 30.7 Å². The number of rotatable bonds is 1. The van der Waals surface area contributed by atoms with Crippen molar-refractivity contribution in [3.05, 3.63) is 41.5 Å². The fraction of sp³-hybridized carbons (Fsp3) is 0.316. The first-order valence-electron chi connectivity index (χ1n) is 8.41. The van der Waals surface area contributed by atoms with Gasteiger partial charge in [-0.1, -0.05) is 12.1 Å². The molecule has 25 heavy (non-hydrogen) atoms. The number of aromatic nitrogens is 2. The Kier molecular flexibility index (Phi) is 3.57. The molecular weight excluding hydrogens is 314 g/mol. The van der Waals surface area contributed by atoms with E-state index < -0.39 is 0 Å². The number of para-hydroxylation sites is 2. The molecule has 2 aromatic heterocycles. The van der Waals surface area contributed by atoms with E-state index in [-0.39, 0.29) is 5.91 Å². The fourth-order valence-corrected chi connectivity index (χ4v) is 3.55. The van der Waals surface area contributed by atoms with E-state index >= 15 is 0 Å². The van der Waals surface area contributed by atoms with Crippen LogP contribution in [-0.2, 0) is 4.79 Å². The Morgan fingerprint density at radius 2 is 1.92 bits per heavy atom. The second-order valence-corrected chi connectivity index (χ2v) is 6.43. The summed E-state index contributed by atoms with van der Waals surface area (Å²) in [5.41, 5.74) is 4.12. The molecule has 3 aromatic rings. The van der Waals surface area contributed by atoms with Crippen LogP contribution in [0.5, 0.6) is 0 Å². The maximum atomic E-state index is 11.6. The van der Waals surface area contributed by atoms with Crippen molar-refractivity contribution in [1.82, 2.24) is 14.3 Å². The first-order valence-corrected chi connectivity index (χ1v) is 8.41. The zero-order chi connectivity index (χ0) is 17.6. The molecule has 0 N–H and O–H groups in total. The summed E-state index contributed by atoms with van der Waals surface area (Å²) < 4.78 is 2.07. The van der Waals surface area contributed by atoms with E-state index in [1.165, 1.54) is 0 Å². The number of anilines is 1. The predicted octanol–water partition coefficient (Wildman–Crippen LogP) is 2.34. The van der Waals surface area contributed by atoms with Crippen LogP contribution in [0.4, 0.5) is 5.82 Å². The van der Waals surface area contributed by atoms with Gasteiger partial charge in [0.25, 0.3) is 0 Å². The smallest absolute Gasteiger partial charge is 0.219 e. The number of nitriles is 1. The second-order valence-electron chi connectivity index (χ2n) is 6.43. The van der Waals surface area contributed by atoms with E-state index in [4.69, 9.17) is 4.98 Å². The summed E-state index contributed by atoms with van der Waals surface area (Å²) in [5, 5.41) is 9.58. The molecule has 1 fully saturated rings. The van der Waals surface area contributed by atoms with Crippen LogP contribution in [0.3, 0.4) is 0 Å². The van der Waals surface area contributed by atoms with E-state index in [9.17, 15) is 10.1 Å². The third-order valence-electron chi connectivity index (χ3n) is 4.91. The number of pyridine rings is 1. The quantitative estimate of drug-likeness (QED) is 0.686. The van der Waals surface area contributed by atoms with Crippen molar-refractivity contribution < 1.29 is 4.79 Å². The normalized spacial score (nSPS) is 14.9. The third-order valence-corrected chi connectivity index (χ3v) is 4.91. The summed E-state index contributed by atoms with van der Waals surface area (Å²) in [6, 6.07) is 12.3. The topological polar surface area (TPSA) is 64.6 Å². The fourth-order valence-electron chi connectivity index (χ4n) is 3.55. The Morgan fingerprint density at radius 1 is 1.20 bits per heavy atom. The zero-order valence-electron chi connectivity index (χ0n) is 14.4. The Morgan fingerprint density at radius 3 is 2.60 bits per heavy atom. The first kappa shape index (κ1) is 15.5. The molecule has 6 nitrogen and oxygen atoms in total. The molecule has 1 aliphatic rings. The molecule has 1 aromatic carbocycles. The Labute approximate surface area is 145 Å². The number of amides is 1. The van der Waals surface area contributed by atoms with Gasteiger partial charge >= 0.3 is 0 Å². The molecule has 4 rings (SSSR count). The van der Waals surface area contributed by atoms with Crippen LogP contribution in [0.1, 0.15) is 18.1 Å². The summed E-state index contributed by atoms with van der Waals surface area (Å²) in [6.45, 7) is 6.53. The summed E-state index contributed by atoms with van der Waals surface area (Å²) in [6.07, 6.45) is 0. The number of hydrogen-bond donors (Lipinski definition) is 0. The van der Waals surface area contributed by atoms with Gasteiger partial charge in [0.1, 0.15) is 11.9 Å². The number of benzene rings is 1. The highest BCUT2D eigenvalue weighted by Crippen LogP contribution is 2.29. The molecule has 1 aliphatic heterocycles. The van der Waals surface area contributed by atoms with Crippen molar-refractivity contribution in [2.24, 2.45) is 0 Å². The van der Waals surface area contributed by atoms with Gasteiger partial charge in [-0.25, -0.2) is 4.98 Å². The molecule has 1 saturated heterocycles. The van der Waals surface area contributed by atoms with Crippen molar-refractivity contribution in [2.75, 3.05) is 31.1 Å².